The highest BCUT2D eigenvalue weighted by molar-refractivity contribution is 5.95. The molecule has 0 spiro atoms. The van der Waals surface area contributed by atoms with Crippen LogP contribution >= 0.6 is 0 Å². The molecular weight excluding hydrogens is 280 g/mol. The maximum atomic E-state index is 12.1. The summed E-state index contributed by atoms with van der Waals surface area (Å²) in [6.45, 7) is 4.33. The molecule has 5 heteroatoms. The maximum absolute atomic E-state index is 12.1. The number of carbonyl (C=O) groups excluding carboxylic acids is 2. The molecule has 0 aliphatic rings. The predicted octanol–water partition coefficient (Wildman–Crippen LogP) is 1.75. The molecule has 1 unspecified atom stereocenters. The number of nitrogens with one attached hydrogen (secondary N) is 1. The van der Waals surface area contributed by atoms with Crippen LogP contribution < -0.4 is 11.1 Å². The van der Waals surface area contributed by atoms with Gasteiger partial charge in [0.2, 0.25) is 0 Å². The molecule has 1 aromatic carbocycles. The van der Waals surface area contributed by atoms with Crippen molar-refractivity contribution in [3.05, 3.63) is 34.9 Å². The molecule has 0 saturated carbocycles. The van der Waals surface area contributed by atoms with E-state index >= 15 is 0 Å². The Morgan fingerprint density at radius 2 is 1.86 bits per heavy atom. The van der Waals surface area contributed by atoms with Crippen molar-refractivity contribution >= 4 is 11.8 Å². The Kier molecular flexibility index (Phi) is 7.77. The summed E-state index contributed by atoms with van der Waals surface area (Å²) in [5, 5.41) is 3.04. The van der Waals surface area contributed by atoms with Crippen LogP contribution in [0.4, 0.5) is 0 Å². The van der Waals surface area contributed by atoms with Crippen LogP contribution in [0.2, 0.25) is 0 Å². The van der Waals surface area contributed by atoms with Crippen molar-refractivity contribution in [3.8, 4) is 0 Å². The third kappa shape index (κ3) is 5.58. The zero-order chi connectivity index (χ0) is 16.5. The van der Waals surface area contributed by atoms with Crippen molar-refractivity contribution in [2.24, 2.45) is 5.73 Å². The monoisotopic (exact) mass is 306 g/mol. The molecule has 0 radical (unpaired) electrons. The number of hydrogen-bond acceptors (Lipinski definition) is 5. The average molecular weight is 306 g/mol. The highest BCUT2D eigenvalue weighted by Crippen LogP contribution is 2.14. The van der Waals surface area contributed by atoms with Gasteiger partial charge in [-0.15, -0.1) is 0 Å². The SMILES string of the molecule is CNCCCCC(N)C(=O)COC(=O)c1c(C)cccc1C. The minimum atomic E-state index is -0.567. The molecule has 0 heterocycles. The van der Waals surface area contributed by atoms with E-state index in [0.29, 0.717) is 12.0 Å². The lowest BCUT2D eigenvalue weighted by Gasteiger charge is -2.12. The molecule has 0 aliphatic heterocycles. The lowest BCUT2D eigenvalue weighted by atomic mass is 10.0. The van der Waals surface area contributed by atoms with Crippen LogP contribution in [0.15, 0.2) is 18.2 Å². The van der Waals surface area contributed by atoms with Crippen LogP contribution in [-0.2, 0) is 9.53 Å². The van der Waals surface area contributed by atoms with Crippen molar-refractivity contribution in [3.63, 3.8) is 0 Å². The van der Waals surface area contributed by atoms with Gasteiger partial charge in [-0.2, -0.15) is 0 Å². The second kappa shape index (κ2) is 9.33. The average Bonchev–Trinajstić information content (AvgIpc) is 2.48. The number of Topliss-reactive ketones (excluding diaryl/α,β-unsaturated/α-hetero) is 1. The summed E-state index contributed by atoms with van der Waals surface area (Å²) in [4.78, 5) is 24.0. The Hall–Kier alpha value is -1.72. The van der Waals surface area contributed by atoms with Crippen LogP contribution in [0, 0.1) is 13.8 Å². The lowest BCUT2D eigenvalue weighted by Crippen LogP contribution is -2.34. The molecule has 0 saturated heterocycles. The van der Waals surface area contributed by atoms with Crippen LogP contribution in [0.3, 0.4) is 0 Å². The van der Waals surface area contributed by atoms with Gasteiger partial charge in [0, 0.05) is 0 Å². The molecule has 1 aromatic rings. The van der Waals surface area contributed by atoms with E-state index in [4.69, 9.17) is 10.5 Å². The van der Waals surface area contributed by atoms with E-state index in [0.717, 1.165) is 30.5 Å². The Balaban J connectivity index is 2.45. The van der Waals surface area contributed by atoms with E-state index in [1.165, 1.54) is 0 Å². The summed E-state index contributed by atoms with van der Waals surface area (Å²) in [7, 11) is 1.89. The van der Waals surface area contributed by atoms with E-state index in [-0.39, 0.29) is 12.4 Å². The van der Waals surface area contributed by atoms with E-state index in [1.807, 2.05) is 39.1 Å². The van der Waals surface area contributed by atoms with Crippen molar-refractivity contribution in [1.29, 1.82) is 0 Å². The van der Waals surface area contributed by atoms with Crippen LogP contribution in [-0.4, -0.2) is 38.0 Å². The number of unbranched alkanes of at least 4 members (excludes halogenated alkanes) is 1. The van der Waals surface area contributed by atoms with Crippen LogP contribution in [0.5, 0.6) is 0 Å². The highest BCUT2D eigenvalue weighted by atomic mass is 16.5. The smallest absolute Gasteiger partial charge is 0.339 e. The predicted molar refractivity (Wildman–Crippen MR) is 87.0 cm³/mol. The fourth-order valence-electron chi connectivity index (χ4n) is 2.28. The third-order valence-corrected chi connectivity index (χ3v) is 3.64. The zero-order valence-corrected chi connectivity index (χ0v) is 13.6. The standard InChI is InChI=1S/C17H26N2O3/c1-12-7-6-8-13(2)16(12)17(21)22-11-15(20)14(18)9-4-5-10-19-3/h6-8,14,19H,4-5,9-11,18H2,1-3H3. The van der Waals surface area contributed by atoms with Gasteiger partial charge < -0.3 is 15.8 Å². The molecular formula is C17H26N2O3. The molecule has 0 amide bonds. The quantitative estimate of drug-likeness (QED) is 0.536. The van der Waals surface area contributed by atoms with Gasteiger partial charge in [0.1, 0.15) is 0 Å². The van der Waals surface area contributed by atoms with E-state index < -0.39 is 12.0 Å². The van der Waals surface area contributed by atoms with E-state index in [1.54, 1.807) is 0 Å². The Morgan fingerprint density at radius 1 is 1.23 bits per heavy atom. The second-order valence-corrected chi connectivity index (χ2v) is 5.52. The van der Waals surface area contributed by atoms with Gasteiger partial charge in [0.15, 0.2) is 12.4 Å². The van der Waals surface area contributed by atoms with Gasteiger partial charge in [-0.05, 0) is 51.4 Å². The summed E-state index contributed by atoms with van der Waals surface area (Å²) in [5.74, 6) is -0.699. The minimum absolute atomic E-state index is 0.232. The first kappa shape index (κ1) is 18.3. The van der Waals surface area contributed by atoms with Gasteiger partial charge in [-0.1, -0.05) is 24.6 Å². The summed E-state index contributed by atoms with van der Waals surface area (Å²) < 4.78 is 5.12. The van der Waals surface area contributed by atoms with Gasteiger partial charge in [0.05, 0.1) is 11.6 Å². The molecule has 1 atom stereocenters. The number of carbonyl (C=O) groups is 2. The first-order chi connectivity index (χ1) is 10.5. The van der Waals surface area contributed by atoms with E-state index in [2.05, 4.69) is 5.32 Å². The number of hydrogen-bond donors (Lipinski definition) is 2. The lowest BCUT2D eigenvalue weighted by molar-refractivity contribution is -0.123. The number of nitrogens with two attached hydrogens (primary N) is 1. The minimum Gasteiger partial charge on any atom is -0.454 e. The summed E-state index contributed by atoms with van der Waals surface area (Å²) >= 11 is 0. The topological polar surface area (TPSA) is 81.4 Å². The number of rotatable bonds is 9. The number of benzene rings is 1. The number of aryl methyl sites for hydroxylation is 2. The third-order valence-electron chi connectivity index (χ3n) is 3.64. The first-order valence-electron chi connectivity index (χ1n) is 7.63. The molecule has 3 N–H and O–H groups in total. The Morgan fingerprint density at radius 3 is 2.45 bits per heavy atom. The number of ketones is 1. The van der Waals surface area contributed by atoms with Gasteiger partial charge >= 0.3 is 5.97 Å². The fraction of sp³-hybridized carbons (Fsp3) is 0.529. The molecule has 1 rings (SSSR count). The molecule has 122 valence electrons. The summed E-state index contributed by atoms with van der Waals surface area (Å²) in [6, 6.07) is 5.01. The zero-order valence-electron chi connectivity index (χ0n) is 13.6. The molecule has 5 nitrogen and oxygen atoms in total. The molecule has 0 fully saturated rings. The normalized spacial score (nSPS) is 12.0. The van der Waals surface area contributed by atoms with Gasteiger partial charge in [0.25, 0.3) is 0 Å². The molecule has 0 bridgehead atoms. The Labute approximate surface area is 132 Å². The van der Waals surface area contributed by atoms with Crippen LogP contribution in [0.1, 0.15) is 40.7 Å². The van der Waals surface area contributed by atoms with Crippen molar-refractivity contribution < 1.29 is 14.3 Å². The van der Waals surface area contributed by atoms with Gasteiger partial charge in [-0.3, -0.25) is 4.79 Å². The van der Waals surface area contributed by atoms with Crippen LogP contribution in [0.25, 0.3) is 0 Å². The van der Waals surface area contributed by atoms with Crippen molar-refractivity contribution in [2.45, 2.75) is 39.2 Å². The fourth-order valence-corrected chi connectivity index (χ4v) is 2.28. The molecule has 0 aromatic heterocycles. The highest BCUT2D eigenvalue weighted by Gasteiger charge is 2.18. The first-order valence-corrected chi connectivity index (χ1v) is 7.63. The largest absolute Gasteiger partial charge is 0.454 e. The number of ether oxygens (including phenoxy) is 1. The molecule has 22 heavy (non-hydrogen) atoms. The summed E-state index contributed by atoms with van der Waals surface area (Å²) in [5.41, 5.74) is 8.03. The second-order valence-electron chi connectivity index (χ2n) is 5.52. The number of esters is 1. The Bertz CT molecular complexity index is 494. The van der Waals surface area contributed by atoms with E-state index in [9.17, 15) is 9.59 Å². The van der Waals surface area contributed by atoms with Crippen molar-refractivity contribution in [2.75, 3.05) is 20.2 Å². The summed E-state index contributed by atoms with van der Waals surface area (Å²) in [6.07, 6.45) is 2.46. The van der Waals surface area contributed by atoms with Gasteiger partial charge in [-0.25, -0.2) is 4.79 Å². The van der Waals surface area contributed by atoms with Crippen molar-refractivity contribution in [1.82, 2.24) is 5.32 Å². The molecule has 0 aliphatic carbocycles. The maximum Gasteiger partial charge on any atom is 0.339 e.